The molecule has 0 radical (unpaired) electrons. The van der Waals surface area contributed by atoms with Crippen molar-refractivity contribution in [2.24, 2.45) is 11.5 Å². The van der Waals surface area contributed by atoms with Crippen LogP contribution in [0.5, 0.6) is 11.5 Å². The monoisotopic (exact) mass is 528 g/mol. The second-order valence-electron chi connectivity index (χ2n) is 6.86. The number of nitrogens with two attached hydrogens (primary N) is 2. The van der Waals surface area contributed by atoms with E-state index in [9.17, 15) is 4.79 Å². The summed E-state index contributed by atoms with van der Waals surface area (Å²) in [6.45, 7) is 2.43. The van der Waals surface area contributed by atoms with Crippen LogP contribution < -0.4 is 20.9 Å². The number of fused-ring (bicyclic) bond motifs is 2. The van der Waals surface area contributed by atoms with E-state index in [0.717, 1.165) is 20.3 Å². The van der Waals surface area contributed by atoms with Crippen LogP contribution in [0.25, 0.3) is 0 Å². The molecular formula is C20H22Br2N2O5. The molecule has 0 spiro atoms. The van der Waals surface area contributed by atoms with Crippen LogP contribution in [-0.2, 0) is 20.6 Å². The Kier molecular flexibility index (Phi) is 6.54. The molecular weight excluding hydrogens is 508 g/mol. The van der Waals surface area contributed by atoms with Crippen molar-refractivity contribution in [2.75, 3.05) is 26.4 Å². The van der Waals surface area contributed by atoms with E-state index in [-0.39, 0.29) is 13.2 Å². The van der Waals surface area contributed by atoms with Crippen molar-refractivity contribution in [3.05, 3.63) is 56.5 Å². The molecule has 4 rings (SSSR count). The van der Waals surface area contributed by atoms with E-state index >= 15 is 0 Å². The summed E-state index contributed by atoms with van der Waals surface area (Å²) < 4.78 is 17.6. The summed E-state index contributed by atoms with van der Waals surface area (Å²) in [7, 11) is 0. The van der Waals surface area contributed by atoms with Gasteiger partial charge >= 0.3 is 5.97 Å². The molecule has 5 N–H and O–H groups in total. The van der Waals surface area contributed by atoms with Crippen molar-refractivity contribution in [3.63, 3.8) is 0 Å². The number of ether oxygens (including phenoxy) is 3. The van der Waals surface area contributed by atoms with Crippen molar-refractivity contribution in [2.45, 2.75) is 18.0 Å². The average Bonchev–Trinajstić information content (AvgIpc) is 3.21. The van der Waals surface area contributed by atoms with Crippen molar-refractivity contribution in [1.29, 1.82) is 0 Å². The molecule has 7 nitrogen and oxygen atoms in total. The van der Waals surface area contributed by atoms with E-state index in [0.29, 0.717) is 24.5 Å². The van der Waals surface area contributed by atoms with Crippen LogP contribution in [0.15, 0.2) is 45.3 Å². The van der Waals surface area contributed by atoms with Gasteiger partial charge in [-0.15, -0.1) is 0 Å². The number of halogens is 2. The van der Waals surface area contributed by atoms with Crippen molar-refractivity contribution >= 4 is 37.8 Å². The van der Waals surface area contributed by atoms with E-state index in [1.807, 2.05) is 24.3 Å². The fourth-order valence-corrected chi connectivity index (χ4v) is 3.80. The number of esters is 1. The van der Waals surface area contributed by atoms with E-state index < -0.39 is 17.0 Å². The Balaban J connectivity index is 0.000000169. The molecule has 0 amide bonds. The lowest BCUT2D eigenvalue weighted by Gasteiger charge is -2.19. The zero-order chi connectivity index (χ0) is 21.2. The molecule has 2 aliphatic rings. The van der Waals surface area contributed by atoms with Crippen LogP contribution in [-0.4, -0.2) is 37.5 Å². The molecule has 2 atom stereocenters. The van der Waals surface area contributed by atoms with E-state index in [2.05, 4.69) is 31.9 Å². The fraction of sp³-hybridized carbons (Fsp3) is 0.350. The SMILES string of the molecule is CCOC(=O)C1(N)COc2cc(Br)ccc21.NC1(CO)COc2cc(Br)ccc21. The molecule has 2 aromatic rings. The smallest absolute Gasteiger partial charge is 0.334 e. The number of hydrogen-bond donors (Lipinski definition) is 3. The molecule has 0 aliphatic carbocycles. The van der Waals surface area contributed by atoms with Gasteiger partial charge in [-0.3, -0.25) is 0 Å². The number of rotatable bonds is 3. The molecule has 156 valence electrons. The Morgan fingerprint density at radius 3 is 2.21 bits per heavy atom. The molecule has 0 bridgehead atoms. The van der Waals surface area contributed by atoms with Crippen LogP contribution in [0.1, 0.15) is 18.1 Å². The standard InChI is InChI=1S/C11H12BrNO3.C9H10BrNO2/c1-2-15-10(14)11(13)6-16-9-5-7(12)3-4-8(9)11;10-6-1-2-7-8(3-6)13-5-9(7,11)4-12/h3-5H,2,6,13H2,1H3;1-3,12H,4-5,11H2. The minimum Gasteiger partial charge on any atom is -0.491 e. The fourth-order valence-electron chi connectivity index (χ4n) is 3.12. The zero-order valence-corrected chi connectivity index (χ0v) is 19.0. The Bertz CT molecular complexity index is 926. The lowest BCUT2D eigenvalue weighted by molar-refractivity contribution is -0.150. The van der Waals surface area contributed by atoms with Crippen molar-refractivity contribution in [1.82, 2.24) is 0 Å². The van der Waals surface area contributed by atoms with Crippen molar-refractivity contribution < 1.29 is 24.1 Å². The average molecular weight is 530 g/mol. The van der Waals surface area contributed by atoms with Crippen LogP contribution >= 0.6 is 31.9 Å². The molecule has 0 saturated heterocycles. The highest BCUT2D eigenvalue weighted by atomic mass is 79.9. The van der Waals surface area contributed by atoms with E-state index in [1.54, 1.807) is 19.1 Å². The number of carbonyl (C=O) groups excluding carboxylic acids is 1. The Labute approximate surface area is 185 Å². The first kappa shape index (κ1) is 22.0. The van der Waals surface area contributed by atoms with E-state index in [4.69, 9.17) is 30.8 Å². The minimum absolute atomic E-state index is 0.0956. The van der Waals surface area contributed by atoms with Crippen molar-refractivity contribution in [3.8, 4) is 11.5 Å². The predicted molar refractivity (Wildman–Crippen MR) is 115 cm³/mol. The number of carbonyl (C=O) groups is 1. The molecule has 2 aromatic carbocycles. The topological polar surface area (TPSA) is 117 Å². The third kappa shape index (κ3) is 4.29. The molecule has 2 aliphatic heterocycles. The molecule has 29 heavy (non-hydrogen) atoms. The van der Waals surface area contributed by atoms with Crippen LogP contribution in [0.4, 0.5) is 0 Å². The molecule has 2 heterocycles. The van der Waals surface area contributed by atoms with Crippen LogP contribution in [0.2, 0.25) is 0 Å². The maximum absolute atomic E-state index is 11.8. The minimum atomic E-state index is -1.17. The molecule has 9 heteroatoms. The van der Waals surface area contributed by atoms with Gasteiger partial charge in [0.2, 0.25) is 0 Å². The Hall–Kier alpha value is -1.65. The number of benzene rings is 2. The lowest BCUT2D eigenvalue weighted by atomic mass is 9.93. The normalized spacial score (nSPS) is 23.8. The Morgan fingerprint density at radius 1 is 1.07 bits per heavy atom. The lowest BCUT2D eigenvalue weighted by Crippen LogP contribution is -2.47. The first-order chi connectivity index (χ1) is 13.7. The van der Waals surface area contributed by atoms with Gasteiger partial charge in [0, 0.05) is 20.1 Å². The van der Waals surface area contributed by atoms with Gasteiger partial charge in [-0.25, -0.2) is 4.79 Å². The summed E-state index contributed by atoms with van der Waals surface area (Å²) in [5.74, 6) is 0.937. The summed E-state index contributed by atoms with van der Waals surface area (Å²) in [5, 5.41) is 9.12. The highest BCUT2D eigenvalue weighted by Gasteiger charge is 2.45. The van der Waals surface area contributed by atoms with Gasteiger partial charge in [0.05, 0.1) is 13.2 Å². The Morgan fingerprint density at radius 2 is 1.62 bits per heavy atom. The molecule has 2 unspecified atom stereocenters. The van der Waals surface area contributed by atoms with Gasteiger partial charge < -0.3 is 30.8 Å². The first-order valence-corrected chi connectivity index (χ1v) is 10.5. The largest absolute Gasteiger partial charge is 0.491 e. The van der Waals surface area contributed by atoms with Crippen LogP contribution in [0.3, 0.4) is 0 Å². The highest BCUT2D eigenvalue weighted by molar-refractivity contribution is 9.10. The van der Waals surface area contributed by atoms with Gasteiger partial charge in [0.15, 0.2) is 5.54 Å². The predicted octanol–water partition coefficient (Wildman–Crippen LogP) is 2.55. The second-order valence-corrected chi connectivity index (χ2v) is 8.70. The summed E-state index contributed by atoms with van der Waals surface area (Å²) in [6, 6.07) is 11.0. The molecule has 0 aromatic heterocycles. The third-order valence-electron chi connectivity index (χ3n) is 4.77. The summed E-state index contributed by atoms with van der Waals surface area (Å²) >= 11 is 6.67. The van der Waals surface area contributed by atoms with Gasteiger partial charge in [0.1, 0.15) is 30.3 Å². The third-order valence-corrected chi connectivity index (χ3v) is 5.75. The quantitative estimate of drug-likeness (QED) is 0.523. The number of aliphatic hydroxyl groups is 1. The summed E-state index contributed by atoms with van der Waals surface area (Å²) in [4.78, 5) is 11.8. The van der Waals surface area contributed by atoms with E-state index in [1.165, 1.54) is 0 Å². The van der Waals surface area contributed by atoms with Gasteiger partial charge in [-0.05, 0) is 31.2 Å². The summed E-state index contributed by atoms with van der Waals surface area (Å²) in [5.41, 5.74) is 11.6. The molecule has 0 saturated carbocycles. The second kappa shape index (κ2) is 8.61. The van der Waals surface area contributed by atoms with Gasteiger partial charge in [0.25, 0.3) is 0 Å². The van der Waals surface area contributed by atoms with Crippen LogP contribution in [0, 0.1) is 0 Å². The number of aliphatic hydroxyl groups excluding tert-OH is 1. The highest BCUT2D eigenvalue weighted by Crippen LogP contribution is 2.38. The molecule has 0 fully saturated rings. The maximum Gasteiger partial charge on any atom is 0.334 e. The van der Waals surface area contributed by atoms with Gasteiger partial charge in [-0.1, -0.05) is 44.0 Å². The maximum atomic E-state index is 11.8. The zero-order valence-electron chi connectivity index (χ0n) is 15.8. The number of hydrogen-bond acceptors (Lipinski definition) is 7. The first-order valence-electron chi connectivity index (χ1n) is 8.95. The summed E-state index contributed by atoms with van der Waals surface area (Å²) in [6.07, 6.45) is 0. The van der Waals surface area contributed by atoms with Gasteiger partial charge in [-0.2, -0.15) is 0 Å².